The molecule has 13 heteroatoms. The Kier molecular flexibility index (Phi) is 6.43. The summed E-state index contributed by atoms with van der Waals surface area (Å²) < 4.78 is 43.5. The minimum absolute atomic E-state index is 0.00636. The number of aliphatic hydroxyl groups is 3. The molecule has 0 amide bonds. The fraction of sp³-hybridized carbons (Fsp3) is 0.389. The van der Waals surface area contributed by atoms with Gasteiger partial charge in [-0.2, -0.15) is 0 Å². The monoisotopic (exact) mass is 441 g/mol. The molecule has 2 aliphatic heterocycles. The molecule has 1 saturated heterocycles. The lowest BCUT2D eigenvalue weighted by Gasteiger charge is -2.38. The van der Waals surface area contributed by atoms with Gasteiger partial charge in [0.15, 0.2) is 6.10 Å². The molecule has 2 heterocycles. The highest BCUT2D eigenvalue weighted by atomic mass is 19.3. The second kappa shape index (κ2) is 8.88. The number of alkyl halides is 2. The van der Waals surface area contributed by atoms with Crippen molar-refractivity contribution in [2.75, 3.05) is 6.54 Å². The summed E-state index contributed by atoms with van der Waals surface area (Å²) in [6.45, 7) is 3.40. The van der Waals surface area contributed by atoms with Gasteiger partial charge < -0.3 is 34.6 Å². The number of carboxylic acids is 1. The molecular formula is C18H17F2N3O8. The SMILES string of the molecule is C=C1C=C(CN=[N+]=[N-])c2ccc(OC3OC(C(=O)O)C(O)C(O)C3O)c(C(F)F)c2O1. The lowest BCUT2D eigenvalue weighted by atomic mass is 9.97. The predicted molar refractivity (Wildman–Crippen MR) is 98.1 cm³/mol. The van der Waals surface area contributed by atoms with Crippen LogP contribution in [0.5, 0.6) is 11.5 Å². The minimum atomic E-state index is -3.15. The van der Waals surface area contributed by atoms with Crippen molar-refractivity contribution < 1.29 is 48.2 Å². The standard InChI is InChI=1S/C18H17F2N3O8/c1-6-4-7(5-22-23-21)8-2-3-9(10(16(19)20)14(8)29-6)30-18-13(26)11(24)12(25)15(31-18)17(27)28/h2-4,11-13,15-16,18,24-26H,1,5H2,(H,27,28). The number of allylic oxidation sites excluding steroid dienone is 1. The van der Waals surface area contributed by atoms with Gasteiger partial charge in [-0.3, -0.25) is 0 Å². The number of carbonyl (C=O) groups is 1. The molecule has 3 rings (SSSR count). The molecule has 1 aromatic rings. The Morgan fingerprint density at radius 1 is 1.29 bits per heavy atom. The van der Waals surface area contributed by atoms with Crippen molar-refractivity contribution in [3.8, 4) is 11.5 Å². The van der Waals surface area contributed by atoms with E-state index in [9.17, 15) is 28.9 Å². The molecule has 0 aromatic heterocycles. The maximum Gasteiger partial charge on any atom is 0.335 e. The number of hydrogen-bond donors (Lipinski definition) is 4. The zero-order chi connectivity index (χ0) is 22.9. The second-order valence-corrected chi connectivity index (χ2v) is 6.63. The van der Waals surface area contributed by atoms with Crippen LogP contribution in [0.25, 0.3) is 16.0 Å². The normalized spacial score (nSPS) is 27.6. The summed E-state index contributed by atoms with van der Waals surface area (Å²) in [6, 6.07) is 2.43. The Labute approximate surface area is 173 Å². The van der Waals surface area contributed by atoms with Crippen LogP contribution in [-0.4, -0.2) is 63.6 Å². The Morgan fingerprint density at radius 3 is 2.61 bits per heavy atom. The van der Waals surface area contributed by atoms with Gasteiger partial charge in [-0.15, -0.1) is 0 Å². The fourth-order valence-electron chi connectivity index (χ4n) is 3.20. The molecule has 5 unspecified atom stereocenters. The van der Waals surface area contributed by atoms with E-state index in [1.165, 1.54) is 12.1 Å². The number of azide groups is 1. The number of carboxylic acid groups (broad SMARTS) is 1. The average Bonchev–Trinajstić information content (AvgIpc) is 2.71. The number of rotatable bonds is 6. The summed E-state index contributed by atoms with van der Waals surface area (Å²) in [5.41, 5.74) is 8.31. The first kappa shape index (κ1) is 22.5. The van der Waals surface area contributed by atoms with Crippen LogP contribution in [0.15, 0.2) is 35.7 Å². The highest BCUT2D eigenvalue weighted by molar-refractivity contribution is 5.78. The summed E-state index contributed by atoms with van der Waals surface area (Å²) in [5, 5.41) is 42.2. The molecule has 0 aliphatic carbocycles. The van der Waals surface area contributed by atoms with Crippen molar-refractivity contribution in [3.05, 3.63) is 52.1 Å². The maximum atomic E-state index is 13.9. The molecule has 31 heavy (non-hydrogen) atoms. The quantitative estimate of drug-likeness (QED) is 0.292. The topological polar surface area (TPSA) is 174 Å². The number of hydrogen-bond acceptors (Lipinski definition) is 8. The summed E-state index contributed by atoms with van der Waals surface area (Å²) in [5.74, 6) is -2.51. The van der Waals surface area contributed by atoms with Crippen LogP contribution in [0.2, 0.25) is 0 Å². The van der Waals surface area contributed by atoms with Gasteiger partial charge in [0.2, 0.25) is 6.29 Å². The zero-order valence-corrected chi connectivity index (χ0v) is 15.6. The van der Waals surface area contributed by atoms with Gasteiger partial charge in [-0.25, -0.2) is 13.6 Å². The van der Waals surface area contributed by atoms with Gasteiger partial charge >= 0.3 is 5.97 Å². The molecule has 5 atom stereocenters. The lowest BCUT2D eigenvalue weighted by Crippen LogP contribution is -2.61. The van der Waals surface area contributed by atoms with Gasteiger partial charge in [0.05, 0.1) is 6.54 Å². The van der Waals surface area contributed by atoms with Crippen molar-refractivity contribution in [3.63, 3.8) is 0 Å². The molecule has 1 fully saturated rings. The molecule has 166 valence electrons. The number of halogens is 2. The number of aliphatic carboxylic acids is 1. The van der Waals surface area contributed by atoms with E-state index in [1.807, 2.05) is 0 Å². The van der Waals surface area contributed by atoms with E-state index in [0.29, 0.717) is 5.57 Å². The summed E-state index contributed by atoms with van der Waals surface area (Å²) >= 11 is 0. The van der Waals surface area contributed by atoms with Crippen molar-refractivity contribution in [2.24, 2.45) is 5.11 Å². The van der Waals surface area contributed by atoms with Gasteiger partial charge in [-0.05, 0) is 29.3 Å². The Morgan fingerprint density at radius 2 is 2.00 bits per heavy atom. The van der Waals surface area contributed by atoms with E-state index in [-0.39, 0.29) is 23.6 Å². The van der Waals surface area contributed by atoms with E-state index in [0.717, 1.165) is 6.07 Å². The minimum Gasteiger partial charge on any atom is -0.479 e. The van der Waals surface area contributed by atoms with Crippen molar-refractivity contribution in [2.45, 2.75) is 37.1 Å². The maximum absolute atomic E-state index is 13.9. The Hall–Kier alpha value is -3.22. The van der Waals surface area contributed by atoms with Crippen molar-refractivity contribution in [1.29, 1.82) is 0 Å². The molecule has 4 N–H and O–H groups in total. The molecule has 2 aliphatic rings. The van der Waals surface area contributed by atoms with E-state index < -0.39 is 54.4 Å². The van der Waals surface area contributed by atoms with Crippen molar-refractivity contribution >= 4 is 11.5 Å². The average molecular weight is 441 g/mol. The van der Waals surface area contributed by atoms with Crippen LogP contribution in [0.3, 0.4) is 0 Å². The largest absolute Gasteiger partial charge is 0.479 e. The third-order valence-electron chi connectivity index (χ3n) is 4.65. The van der Waals surface area contributed by atoms with Gasteiger partial charge in [0, 0.05) is 10.5 Å². The van der Waals surface area contributed by atoms with E-state index in [2.05, 4.69) is 16.6 Å². The fourth-order valence-corrected chi connectivity index (χ4v) is 3.20. The summed E-state index contributed by atoms with van der Waals surface area (Å²) in [7, 11) is 0. The third-order valence-corrected chi connectivity index (χ3v) is 4.65. The van der Waals surface area contributed by atoms with Crippen LogP contribution in [-0.2, 0) is 9.53 Å². The van der Waals surface area contributed by atoms with Crippen LogP contribution >= 0.6 is 0 Å². The van der Waals surface area contributed by atoms with Crippen LogP contribution in [0.4, 0.5) is 8.78 Å². The van der Waals surface area contributed by atoms with Crippen LogP contribution < -0.4 is 9.47 Å². The van der Waals surface area contributed by atoms with Gasteiger partial charge in [0.25, 0.3) is 6.43 Å². The molecule has 0 spiro atoms. The van der Waals surface area contributed by atoms with Gasteiger partial charge in [0.1, 0.15) is 41.1 Å². The zero-order valence-electron chi connectivity index (χ0n) is 15.6. The summed E-state index contributed by atoms with van der Waals surface area (Å²) in [6.07, 6.45) is -11.5. The smallest absolute Gasteiger partial charge is 0.335 e. The molecule has 0 radical (unpaired) electrons. The molecule has 0 bridgehead atoms. The third kappa shape index (κ3) is 4.31. The number of nitrogens with zero attached hydrogens (tertiary/aromatic N) is 3. The van der Waals surface area contributed by atoms with Crippen molar-refractivity contribution in [1.82, 2.24) is 0 Å². The first-order valence-electron chi connectivity index (χ1n) is 8.78. The second-order valence-electron chi connectivity index (χ2n) is 6.63. The van der Waals surface area contributed by atoms with Crippen LogP contribution in [0.1, 0.15) is 17.6 Å². The van der Waals surface area contributed by atoms with Gasteiger partial charge in [-0.1, -0.05) is 11.7 Å². The molecule has 11 nitrogen and oxygen atoms in total. The Bertz CT molecular complexity index is 979. The van der Waals surface area contributed by atoms with Crippen LogP contribution in [0, 0.1) is 0 Å². The highest BCUT2D eigenvalue weighted by Crippen LogP contribution is 2.45. The predicted octanol–water partition coefficient (Wildman–Crippen LogP) is 1.49. The molecule has 1 aromatic carbocycles. The summed E-state index contributed by atoms with van der Waals surface area (Å²) in [4.78, 5) is 13.8. The number of fused-ring (bicyclic) bond motifs is 1. The number of ether oxygens (including phenoxy) is 3. The highest BCUT2D eigenvalue weighted by Gasteiger charge is 2.48. The number of benzene rings is 1. The van der Waals surface area contributed by atoms with E-state index >= 15 is 0 Å². The first-order valence-corrected chi connectivity index (χ1v) is 8.78. The van der Waals surface area contributed by atoms with E-state index in [4.69, 9.17) is 24.8 Å². The Balaban J connectivity index is 2.00. The molecule has 0 saturated carbocycles. The number of aliphatic hydroxyl groups excluding tert-OH is 3. The first-order chi connectivity index (χ1) is 14.6. The molecular weight excluding hydrogens is 424 g/mol. The van der Waals surface area contributed by atoms with E-state index in [1.54, 1.807) is 0 Å². The lowest BCUT2D eigenvalue weighted by molar-refractivity contribution is -0.271.